The van der Waals surface area contributed by atoms with Gasteiger partial charge in [0.25, 0.3) is 5.91 Å². The number of imidazole rings is 1. The van der Waals surface area contributed by atoms with Gasteiger partial charge < -0.3 is 14.4 Å². The third-order valence-electron chi connectivity index (χ3n) is 5.57. The van der Waals surface area contributed by atoms with E-state index >= 15 is 0 Å². The van der Waals surface area contributed by atoms with Gasteiger partial charge in [-0.15, -0.1) is 0 Å². The number of hydrogen-bond donors (Lipinski definition) is 0. The van der Waals surface area contributed by atoms with Crippen molar-refractivity contribution in [2.45, 2.75) is 38.8 Å². The maximum absolute atomic E-state index is 13.0. The average molecular weight is 377 g/mol. The molecule has 0 aliphatic carbocycles. The number of aromatic nitrogens is 2. The molecule has 3 heterocycles. The van der Waals surface area contributed by atoms with Gasteiger partial charge in [0.05, 0.1) is 29.8 Å². The van der Waals surface area contributed by atoms with Gasteiger partial charge in [-0.1, -0.05) is 6.07 Å². The third kappa shape index (κ3) is 3.38. The Morgan fingerprint density at radius 3 is 2.75 bits per heavy atom. The lowest BCUT2D eigenvalue weighted by Crippen LogP contribution is -2.41. The molecular formula is C21H23N5O2. The first kappa shape index (κ1) is 18.2. The van der Waals surface area contributed by atoms with E-state index in [2.05, 4.69) is 11.1 Å². The van der Waals surface area contributed by atoms with Crippen LogP contribution >= 0.6 is 0 Å². The summed E-state index contributed by atoms with van der Waals surface area (Å²) in [6.07, 6.45) is 4.40. The molecule has 0 spiro atoms. The van der Waals surface area contributed by atoms with Crippen LogP contribution in [0.1, 0.15) is 53.2 Å². The standard InChI is InChI=1S/C21H23N5O2/c1-15-20-23-18(12-19(27)24-7-2-3-8-24)14-25(20)9-10-26(15)21(28)17-6-4-5-16(11-17)13-22/h4-6,11,14-15H,2-3,7-10,12H2,1H3/t15-/m1/s1. The summed E-state index contributed by atoms with van der Waals surface area (Å²) < 4.78 is 2.05. The molecule has 2 aromatic rings. The number of benzene rings is 1. The van der Waals surface area contributed by atoms with Crippen LogP contribution in [-0.2, 0) is 17.8 Å². The maximum atomic E-state index is 13.0. The lowest BCUT2D eigenvalue weighted by atomic mass is 10.1. The molecule has 1 saturated heterocycles. The molecule has 0 bridgehead atoms. The van der Waals surface area contributed by atoms with Crippen LogP contribution < -0.4 is 0 Å². The van der Waals surface area contributed by atoms with Crippen molar-refractivity contribution in [3.05, 3.63) is 53.1 Å². The Balaban J connectivity index is 1.51. The quantitative estimate of drug-likeness (QED) is 0.821. The normalized spacial score (nSPS) is 18.6. The molecular weight excluding hydrogens is 354 g/mol. The molecule has 2 amide bonds. The van der Waals surface area contributed by atoms with Gasteiger partial charge in [-0.2, -0.15) is 5.26 Å². The van der Waals surface area contributed by atoms with Crippen molar-refractivity contribution < 1.29 is 9.59 Å². The van der Waals surface area contributed by atoms with Crippen molar-refractivity contribution in [2.75, 3.05) is 19.6 Å². The highest BCUT2D eigenvalue weighted by atomic mass is 16.2. The second-order valence-corrected chi connectivity index (χ2v) is 7.42. The topological polar surface area (TPSA) is 82.2 Å². The number of likely N-dealkylation sites (tertiary alicyclic amines) is 1. The van der Waals surface area contributed by atoms with Gasteiger partial charge in [0, 0.05) is 37.9 Å². The first-order chi connectivity index (χ1) is 13.6. The molecule has 144 valence electrons. The van der Waals surface area contributed by atoms with Crippen LogP contribution in [0.5, 0.6) is 0 Å². The summed E-state index contributed by atoms with van der Waals surface area (Å²) in [5.41, 5.74) is 1.74. The maximum Gasteiger partial charge on any atom is 0.254 e. The second kappa shape index (κ2) is 7.47. The van der Waals surface area contributed by atoms with Crippen molar-refractivity contribution in [3.63, 3.8) is 0 Å². The largest absolute Gasteiger partial charge is 0.342 e. The first-order valence-electron chi connectivity index (χ1n) is 9.71. The second-order valence-electron chi connectivity index (χ2n) is 7.42. The first-order valence-corrected chi connectivity index (χ1v) is 9.71. The molecule has 1 atom stereocenters. The molecule has 0 radical (unpaired) electrons. The van der Waals surface area contributed by atoms with Crippen LogP contribution in [-0.4, -0.2) is 50.8 Å². The number of carbonyl (C=O) groups excluding carboxylic acids is 2. The molecule has 0 unspecified atom stereocenters. The number of amides is 2. The van der Waals surface area contributed by atoms with E-state index in [-0.39, 0.29) is 17.9 Å². The Bertz CT molecular complexity index is 952. The van der Waals surface area contributed by atoms with E-state index in [1.54, 1.807) is 29.2 Å². The number of nitrogens with zero attached hydrogens (tertiary/aromatic N) is 5. The summed E-state index contributed by atoms with van der Waals surface area (Å²) in [6.45, 7) is 4.85. The summed E-state index contributed by atoms with van der Waals surface area (Å²) >= 11 is 0. The molecule has 7 nitrogen and oxygen atoms in total. The minimum Gasteiger partial charge on any atom is -0.342 e. The van der Waals surface area contributed by atoms with E-state index in [1.165, 1.54) is 0 Å². The van der Waals surface area contributed by atoms with E-state index < -0.39 is 0 Å². The number of nitriles is 1. The zero-order valence-corrected chi connectivity index (χ0v) is 16.0. The fourth-order valence-corrected chi connectivity index (χ4v) is 4.03. The van der Waals surface area contributed by atoms with Gasteiger partial charge in [0.15, 0.2) is 0 Å². The molecule has 0 saturated carbocycles. The Hall–Kier alpha value is -3.14. The lowest BCUT2D eigenvalue weighted by molar-refractivity contribution is -0.129. The van der Waals surface area contributed by atoms with Crippen LogP contribution in [0.2, 0.25) is 0 Å². The van der Waals surface area contributed by atoms with Crippen LogP contribution in [0, 0.1) is 11.3 Å². The Kier molecular flexibility index (Phi) is 4.86. The summed E-state index contributed by atoms with van der Waals surface area (Å²) in [7, 11) is 0. The van der Waals surface area contributed by atoms with Gasteiger partial charge in [-0.25, -0.2) is 4.98 Å². The van der Waals surface area contributed by atoms with Gasteiger partial charge in [0.2, 0.25) is 5.91 Å². The Labute approximate surface area is 164 Å². The molecule has 2 aliphatic heterocycles. The van der Waals surface area contributed by atoms with Gasteiger partial charge >= 0.3 is 0 Å². The smallest absolute Gasteiger partial charge is 0.254 e. The monoisotopic (exact) mass is 377 g/mol. The fourth-order valence-electron chi connectivity index (χ4n) is 4.03. The van der Waals surface area contributed by atoms with Gasteiger partial charge in [-0.3, -0.25) is 9.59 Å². The summed E-state index contributed by atoms with van der Waals surface area (Å²) in [5, 5.41) is 9.07. The highest BCUT2D eigenvalue weighted by Gasteiger charge is 2.31. The Morgan fingerprint density at radius 1 is 1.21 bits per heavy atom. The fraction of sp³-hybridized carbons (Fsp3) is 0.429. The van der Waals surface area contributed by atoms with Gasteiger partial charge in [0.1, 0.15) is 5.82 Å². The predicted molar refractivity (Wildman–Crippen MR) is 102 cm³/mol. The number of carbonyl (C=O) groups is 2. The van der Waals surface area contributed by atoms with E-state index in [1.807, 2.05) is 22.6 Å². The van der Waals surface area contributed by atoms with Crippen LogP contribution in [0.15, 0.2) is 30.5 Å². The van der Waals surface area contributed by atoms with Crippen LogP contribution in [0.25, 0.3) is 0 Å². The SMILES string of the molecule is C[C@@H]1c2nc(CC(=O)N3CCCC3)cn2CCN1C(=O)c1cccc(C#N)c1. The summed E-state index contributed by atoms with van der Waals surface area (Å²) in [6, 6.07) is 8.65. The molecule has 7 heteroatoms. The summed E-state index contributed by atoms with van der Waals surface area (Å²) in [4.78, 5) is 33.7. The van der Waals surface area contributed by atoms with E-state index in [9.17, 15) is 9.59 Å². The minimum absolute atomic E-state index is 0.103. The van der Waals surface area contributed by atoms with Crippen molar-refractivity contribution in [1.29, 1.82) is 5.26 Å². The van der Waals surface area contributed by atoms with Crippen LogP contribution in [0.4, 0.5) is 0 Å². The number of rotatable bonds is 3. The number of hydrogen-bond acceptors (Lipinski definition) is 4. The third-order valence-corrected chi connectivity index (χ3v) is 5.57. The number of fused-ring (bicyclic) bond motifs is 1. The molecule has 1 aromatic heterocycles. The van der Waals surface area contributed by atoms with Crippen LogP contribution in [0.3, 0.4) is 0 Å². The molecule has 4 rings (SSSR count). The molecule has 0 N–H and O–H groups in total. The lowest BCUT2D eigenvalue weighted by Gasteiger charge is -2.33. The van der Waals surface area contributed by atoms with E-state index in [0.29, 0.717) is 30.6 Å². The molecule has 2 aliphatic rings. The van der Waals surface area contributed by atoms with Crippen molar-refractivity contribution >= 4 is 11.8 Å². The molecule has 28 heavy (non-hydrogen) atoms. The highest BCUT2D eigenvalue weighted by molar-refractivity contribution is 5.94. The van der Waals surface area contributed by atoms with Crippen molar-refractivity contribution in [3.8, 4) is 6.07 Å². The zero-order chi connectivity index (χ0) is 19.7. The predicted octanol–water partition coefficient (Wildman–Crippen LogP) is 2.14. The summed E-state index contributed by atoms with van der Waals surface area (Å²) in [5.74, 6) is 0.829. The average Bonchev–Trinajstić information content (AvgIpc) is 3.38. The van der Waals surface area contributed by atoms with E-state index in [4.69, 9.17) is 5.26 Å². The zero-order valence-electron chi connectivity index (χ0n) is 16.0. The molecule has 1 fully saturated rings. The minimum atomic E-state index is -0.192. The molecule has 1 aromatic carbocycles. The van der Waals surface area contributed by atoms with Crippen molar-refractivity contribution in [2.24, 2.45) is 0 Å². The Morgan fingerprint density at radius 2 is 2.00 bits per heavy atom. The van der Waals surface area contributed by atoms with Gasteiger partial charge in [-0.05, 0) is 38.0 Å². The van der Waals surface area contributed by atoms with Crippen molar-refractivity contribution in [1.82, 2.24) is 19.4 Å². The van der Waals surface area contributed by atoms with E-state index in [0.717, 1.165) is 37.4 Å². The highest BCUT2D eigenvalue weighted by Crippen LogP contribution is 2.27.